The van der Waals surface area contributed by atoms with Crippen LogP contribution in [-0.4, -0.2) is 48.9 Å². The highest BCUT2D eigenvalue weighted by atomic mass is 35.5. The molecule has 6 rings (SSSR count). The molecule has 210 valence electrons. The van der Waals surface area contributed by atoms with Crippen molar-refractivity contribution < 1.29 is 27.0 Å². The molecule has 0 saturated carbocycles. The molecule has 2 aliphatic heterocycles. The number of alkyl halides is 3. The van der Waals surface area contributed by atoms with E-state index in [4.69, 9.17) is 37.7 Å². The van der Waals surface area contributed by atoms with Gasteiger partial charge in [0.25, 0.3) is 0 Å². The van der Waals surface area contributed by atoms with Gasteiger partial charge in [0.2, 0.25) is 5.88 Å². The Balaban J connectivity index is 1.26. The van der Waals surface area contributed by atoms with Crippen molar-refractivity contribution in [2.45, 2.75) is 51.4 Å². The van der Waals surface area contributed by atoms with Crippen LogP contribution in [0.2, 0.25) is 10.2 Å². The number of halogens is 6. The third-order valence-corrected chi connectivity index (χ3v) is 7.42. The lowest BCUT2D eigenvalue weighted by atomic mass is 10.0. The molecule has 4 aromatic rings. The average molecular weight is 597 g/mol. The van der Waals surface area contributed by atoms with Crippen molar-refractivity contribution in [3.8, 4) is 5.88 Å². The van der Waals surface area contributed by atoms with Crippen LogP contribution in [0.15, 0.2) is 30.3 Å². The summed E-state index contributed by atoms with van der Waals surface area (Å²) in [7, 11) is 0. The zero-order valence-corrected chi connectivity index (χ0v) is 22.4. The Morgan fingerprint density at radius 2 is 1.93 bits per heavy atom. The fourth-order valence-electron chi connectivity index (χ4n) is 4.82. The van der Waals surface area contributed by atoms with E-state index >= 15 is 0 Å². The molecular formula is C26H22Cl2F4N6O2. The Labute approximate surface area is 235 Å². The van der Waals surface area contributed by atoms with Crippen LogP contribution in [0.5, 0.6) is 5.88 Å². The normalized spacial score (nSPS) is 17.6. The molecule has 0 N–H and O–H groups in total. The summed E-state index contributed by atoms with van der Waals surface area (Å²) in [5, 5.41) is 8.57. The number of nitrogens with zero attached hydrogens (tertiary/aromatic N) is 6. The Bertz CT molecular complexity index is 1580. The summed E-state index contributed by atoms with van der Waals surface area (Å²) < 4.78 is 68.9. The SMILES string of the molecule is Fc1cc(Cl)ccc1COc1nc2c(cc1C(F)(F)F)CCN(Cc1nc3cc(Cl)nnc3n1C[C@@H]1CCO1)C2. The topological polar surface area (TPSA) is 78.2 Å². The van der Waals surface area contributed by atoms with Crippen LogP contribution in [-0.2, 0) is 43.6 Å². The molecule has 1 atom stereocenters. The first-order chi connectivity index (χ1) is 19.1. The molecule has 0 bridgehead atoms. The summed E-state index contributed by atoms with van der Waals surface area (Å²) in [6, 6.07) is 6.60. The second-order valence-electron chi connectivity index (χ2n) is 9.73. The van der Waals surface area contributed by atoms with Gasteiger partial charge < -0.3 is 14.0 Å². The van der Waals surface area contributed by atoms with Crippen molar-refractivity contribution in [1.29, 1.82) is 0 Å². The zero-order valence-electron chi connectivity index (χ0n) is 20.9. The fourth-order valence-corrected chi connectivity index (χ4v) is 5.12. The summed E-state index contributed by atoms with van der Waals surface area (Å²) in [5.74, 6) is -0.555. The molecule has 8 nitrogen and oxygen atoms in total. The maximum Gasteiger partial charge on any atom is 0.421 e. The van der Waals surface area contributed by atoms with E-state index in [1.54, 1.807) is 6.07 Å². The molecule has 3 aromatic heterocycles. The van der Waals surface area contributed by atoms with Gasteiger partial charge in [-0.25, -0.2) is 14.4 Å². The number of hydrogen-bond acceptors (Lipinski definition) is 7. The number of rotatable bonds is 7. The monoisotopic (exact) mass is 596 g/mol. The lowest BCUT2D eigenvalue weighted by Gasteiger charge is -2.30. The molecule has 2 aliphatic rings. The molecular weight excluding hydrogens is 575 g/mol. The third-order valence-electron chi connectivity index (χ3n) is 7.00. The average Bonchev–Trinajstić information content (AvgIpc) is 3.20. The Morgan fingerprint density at radius 1 is 1.10 bits per heavy atom. The number of imidazole rings is 1. The number of benzene rings is 1. The van der Waals surface area contributed by atoms with E-state index in [9.17, 15) is 17.6 Å². The van der Waals surface area contributed by atoms with Gasteiger partial charge in [0.1, 0.15) is 29.3 Å². The van der Waals surface area contributed by atoms with Crippen molar-refractivity contribution in [3.63, 3.8) is 0 Å². The predicted molar refractivity (Wildman–Crippen MR) is 137 cm³/mol. The van der Waals surface area contributed by atoms with Crippen molar-refractivity contribution in [2.24, 2.45) is 0 Å². The Hall–Kier alpha value is -3.06. The van der Waals surface area contributed by atoms with Crippen molar-refractivity contribution in [1.82, 2.24) is 29.6 Å². The molecule has 0 unspecified atom stereocenters. The van der Waals surface area contributed by atoms with Gasteiger partial charge in [-0.15, -0.1) is 10.2 Å². The highest BCUT2D eigenvalue weighted by molar-refractivity contribution is 6.30. The minimum atomic E-state index is -4.69. The molecule has 1 aromatic carbocycles. The third kappa shape index (κ3) is 5.58. The van der Waals surface area contributed by atoms with E-state index in [0.717, 1.165) is 18.6 Å². The maximum absolute atomic E-state index is 14.2. The van der Waals surface area contributed by atoms with Gasteiger partial charge in [-0.1, -0.05) is 29.3 Å². The number of hydrogen-bond donors (Lipinski definition) is 0. The smallest absolute Gasteiger partial charge is 0.421 e. The highest BCUT2D eigenvalue weighted by Crippen LogP contribution is 2.38. The first kappa shape index (κ1) is 27.1. The van der Waals surface area contributed by atoms with Crippen LogP contribution in [0.25, 0.3) is 11.2 Å². The van der Waals surface area contributed by atoms with E-state index in [1.807, 2.05) is 9.47 Å². The first-order valence-electron chi connectivity index (χ1n) is 12.5. The maximum atomic E-state index is 14.2. The van der Waals surface area contributed by atoms with Crippen LogP contribution < -0.4 is 4.74 Å². The van der Waals surface area contributed by atoms with Crippen LogP contribution in [0, 0.1) is 5.82 Å². The summed E-state index contributed by atoms with van der Waals surface area (Å²) in [4.78, 5) is 11.0. The van der Waals surface area contributed by atoms with E-state index in [2.05, 4.69) is 15.2 Å². The predicted octanol–water partition coefficient (Wildman–Crippen LogP) is 5.61. The summed E-state index contributed by atoms with van der Waals surface area (Å²) in [6.45, 7) is 1.99. The van der Waals surface area contributed by atoms with E-state index in [-0.39, 0.29) is 28.4 Å². The fraction of sp³-hybridized carbons (Fsp3) is 0.385. The van der Waals surface area contributed by atoms with Crippen molar-refractivity contribution in [2.75, 3.05) is 13.2 Å². The van der Waals surface area contributed by atoms with Crippen LogP contribution in [0.1, 0.15) is 34.6 Å². The number of aromatic nitrogens is 5. The molecule has 0 spiro atoms. The molecule has 0 radical (unpaired) electrons. The van der Waals surface area contributed by atoms with E-state index in [1.165, 1.54) is 12.1 Å². The van der Waals surface area contributed by atoms with Gasteiger partial charge in [-0.05, 0) is 36.6 Å². The standard InChI is InChI=1S/C26H22Cl2F4N6O2/c27-16-2-1-15(19(29)8-16)13-40-25-18(26(30,31)32)7-14-3-5-37(11-21(14)34-25)12-23-33-20-9-22(28)35-36-24(20)38(23)10-17-4-6-39-17/h1-2,7-9,17H,3-6,10-13H2/t17-/m0/s1. The molecule has 14 heteroatoms. The van der Waals surface area contributed by atoms with Crippen LogP contribution in [0.3, 0.4) is 0 Å². The van der Waals surface area contributed by atoms with Gasteiger partial charge in [-0.3, -0.25) is 4.90 Å². The second-order valence-corrected chi connectivity index (χ2v) is 10.5. The molecule has 40 heavy (non-hydrogen) atoms. The summed E-state index contributed by atoms with van der Waals surface area (Å²) >= 11 is 11.8. The van der Waals surface area contributed by atoms with Crippen LogP contribution in [0.4, 0.5) is 17.6 Å². The number of ether oxygens (including phenoxy) is 2. The number of pyridine rings is 1. The number of fused-ring (bicyclic) bond motifs is 2. The second kappa shape index (κ2) is 10.7. The highest BCUT2D eigenvalue weighted by Gasteiger charge is 2.37. The lowest BCUT2D eigenvalue weighted by Crippen LogP contribution is -2.34. The first-order valence-corrected chi connectivity index (χ1v) is 13.3. The summed E-state index contributed by atoms with van der Waals surface area (Å²) in [5.41, 5.74) is 1.21. The summed E-state index contributed by atoms with van der Waals surface area (Å²) in [6.07, 6.45) is -3.37. The van der Waals surface area contributed by atoms with Gasteiger partial charge in [0.05, 0.1) is 24.9 Å². The zero-order chi connectivity index (χ0) is 28.0. The van der Waals surface area contributed by atoms with Crippen molar-refractivity contribution in [3.05, 3.63) is 74.5 Å². The Kier molecular flexibility index (Phi) is 7.28. The van der Waals surface area contributed by atoms with Gasteiger partial charge in [0.15, 0.2) is 10.8 Å². The van der Waals surface area contributed by atoms with Crippen molar-refractivity contribution >= 4 is 34.4 Å². The van der Waals surface area contributed by atoms with Gasteiger partial charge in [-0.2, -0.15) is 13.2 Å². The van der Waals surface area contributed by atoms with Crippen LogP contribution >= 0.6 is 23.2 Å². The van der Waals surface area contributed by atoms with Gasteiger partial charge >= 0.3 is 6.18 Å². The molecule has 5 heterocycles. The quantitative estimate of drug-likeness (QED) is 0.256. The minimum absolute atomic E-state index is 0.0448. The molecule has 1 saturated heterocycles. The molecule has 0 aliphatic carbocycles. The minimum Gasteiger partial charge on any atom is -0.472 e. The Morgan fingerprint density at radius 3 is 2.65 bits per heavy atom. The van der Waals surface area contributed by atoms with E-state index in [0.29, 0.717) is 60.9 Å². The van der Waals surface area contributed by atoms with Gasteiger partial charge in [0, 0.05) is 36.3 Å². The van der Waals surface area contributed by atoms with E-state index < -0.39 is 30.0 Å². The molecule has 1 fully saturated rings. The molecule has 0 amide bonds. The largest absolute Gasteiger partial charge is 0.472 e. The lowest BCUT2D eigenvalue weighted by molar-refractivity contribution is -0.139.